The predicted molar refractivity (Wildman–Crippen MR) is 57.7 cm³/mol. The molecule has 15 heavy (non-hydrogen) atoms. The minimum Gasteiger partial charge on any atom is -0.491 e. The van der Waals surface area contributed by atoms with Crippen molar-refractivity contribution in [3.8, 4) is 5.75 Å². The zero-order chi connectivity index (χ0) is 11.3. The Morgan fingerprint density at radius 2 is 2.20 bits per heavy atom. The summed E-state index contributed by atoms with van der Waals surface area (Å²) in [6.45, 7) is 2.17. The van der Waals surface area contributed by atoms with E-state index < -0.39 is 6.10 Å². The first kappa shape index (κ1) is 12.0. The fourth-order valence-corrected chi connectivity index (χ4v) is 1.17. The lowest BCUT2D eigenvalue weighted by molar-refractivity contribution is 0.0534. The number of rotatable bonds is 5. The summed E-state index contributed by atoms with van der Waals surface area (Å²) < 4.78 is 5.37. The lowest BCUT2D eigenvalue weighted by Gasteiger charge is -2.12. The van der Waals surface area contributed by atoms with E-state index in [2.05, 4.69) is 0 Å². The van der Waals surface area contributed by atoms with Gasteiger partial charge in [0.25, 0.3) is 0 Å². The van der Waals surface area contributed by atoms with Crippen molar-refractivity contribution < 1.29 is 14.9 Å². The van der Waals surface area contributed by atoms with Crippen LogP contribution < -0.4 is 10.5 Å². The van der Waals surface area contributed by atoms with Gasteiger partial charge in [-0.2, -0.15) is 0 Å². The van der Waals surface area contributed by atoms with Crippen LogP contribution >= 0.6 is 0 Å². The van der Waals surface area contributed by atoms with E-state index >= 15 is 0 Å². The monoisotopic (exact) mass is 211 g/mol. The molecule has 4 nitrogen and oxygen atoms in total. The van der Waals surface area contributed by atoms with E-state index in [1.165, 1.54) is 0 Å². The van der Waals surface area contributed by atoms with Gasteiger partial charge in [-0.15, -0.1) is 0 Å². The molecule has 0 bridgehead atoms. The summed E-state index contributed by atoms with van der Waals surface area (Å²) in [7, 11) is 0. The largest absolute Gasteiger partial charge is 0.491 e. The van der Waals surface area contributed by atoms with Gasteiger partial charge in [0.05, 0.1) is 6.61 Å². The van der Waals surface area contributed by atoms with Crippen molar-refractivity contribution in [1.29, 1.82) is 0 Å². The lowest BCUT2D eigenvalue weighted by Crippen LogP contribution is -2.21. The van der Waals surface area contributed by atoms with E-state index in [9.17, 15) is 0 Å². The zero-order valence-corrected chi connectivity index (χ0v) is 8.81. The Morgan fingerprint density at radius 1 is 1.47 bits per heavy atom. The van der Waals surface area contributed by atoms with Gasteiger partial charge in [-0.05, 0) is 24.1 Å². The van der Waals surface area contributed by atoms with E-state index in [0.717, 1.165) is 11.1 Å². The summed E-state index contributed by atoms with van der Waals surface area (Å²) in [4.78, 5) is 0. The van der Waals surface area contributed by atoms with Gasteiger partial charge < -0.3 is 20.7 Å². The van der Waals surface area contributed by atoms with Crippen LogP contribution in [-0.2, 0) is 6.54 Å². The molecule has 4 heteroatoms. The summed E-state index contributed by atoms with van der Waals surface area (Å²) in [5.74, 6) is 0.699. The molecule has 1 atom stereocenters. The maximum Gasteiger partial charge on any atom is 0.122 e. The molecule has 0 aromatic heterocycles. The minimum atomic E-state index is -0.842. The van der Waals surface area contributed by atoms with E-state index in [1.807, 2.05) is 25.1 Å². The molecule has 1 aromatic carbocycles. The molecule has 0 spiro atoms. The number of hydrogen-bond donors (Lipinski definition) is 3. The van der Waals surface area contributed by atoms with Crippen LogP contribution in [0.15, 0.2) is 18.2 Å². The van der Waals surface area contributed by atoms with Crippen molar-refractivity contribution in [2.24, 2.45) is 5.73 Å². The molecule has 0 saturated heterocycles. The number of benzene rings is 1. The van der Waals surface area contributed by atoms with Crippen LogP contribution in [0.2, 0.25) is 0 Å². The molecule has 4 N–H and O–H groups in total. The molecule has 1 aromatic rings. The molecular weight excluding hydrogens is 194 g/mol. The molecule has 0 saturated carbocycles. The van der Waals surface area contributed by atoms with E-state index in [4.69, 9.17) is 20.7 Å². The summed E-state index contributed by atoms with van der Waals surface area (Å²) in [5, 5.41) is 17.8. The van der Waals surface area contributed by atoms with Gasteiger partial charge in [0.2, 0.25) is 0 Å². The molecular formula is C11H17NO3. The highest BCUT2D eigenvalue weighted by Crippen LogP contribution is 2.19. The predicted octanol–water partition coefficient (Wildman–Crippen LogP) is 0.186. The van der Waals surface area contributed by atoms with Crippen molar-refractivity contribution in [3.63, 3.8) is 0 Å². The Hall–Kier alpha value is -1.10. The van der Waals surface area contributed by atoms with Crippen LogP contribution in [0.1, 0.15) is 11.1 Å². The first-order valence-electron chi connectivity index (χ1n) is 4.88. The van der Waals surface area contributed by atoms with Crippen LogP contribution in [0.3, 0.4) is 0 Å². The average molecular weight is 211 g/mol. The maximum atomic E-state index is 9.14. The van der Waals surface area contributed by atoms with Crippen LogP contribution in [0.5, 0.6) is 5.75 Å². The highest BCUT2D eigenvalue weighted by molar-refractivity contribution is 5.36. The number of ether oxygens (including phenoxy) is 1. The van der Waals surface area contributed by atoms with Crippen LogP contribution in [0.25, 0.3) is 0 Å². The summed E-state index contributed by atoms with van der Waals surface area (Å²) in [6, 6.07) is 5.70. The summed E-state index contributed by atoms with van der Waals surface area (Å²) in [5.41, 5.74) is 7.47. The molecule has 0 radical (unpaired) electrons. The van der Waals surface area contributed by atoms with Gasteiger partial charge in [0.15, 0.2) is 0 Å². The van der Waals surface area contributed by atoms with E-state index in [0.29, 0.717) is 12.3 Å². The fraction of sp³-hybridized carbons (Fsp3) is 0.455. The fourth-order valence-electron chi connectivity index (χ4n) is 1.17. The standard InChI is InChI=1S/C11H17NO3/c1-8-2-3-9(5-12)4-11(8)15-7-10(14)6-13/h2-4,10,13-14H,5-7,12H2,1H3. The summed E-state index contributed by atoms with van der Waals surface area (Å²) in [6.07, 6.45) is -0.842. The first-order chi connectivity index (χ1) is 7.17. The number of hydrogen-bond acceptors (Lipinski definition) is 4. The van der Waals surface area contributed by atoms with Gasteiger partial charge in [-0.25, -0.2) is 0 Å². The minimum absolute atomic E-state index is 0.0887. The van der Waals surface area contributed by atoms with Crippen molar-refractivity contribution in [2.75, 3.05) is 13.2 Å². The second-order valence-electron chi connectivity index (χ2n) is 3.45. The Morgan fingerprint density at radius 3 is 2.80 bits per heavy atom. The number of aliphatic hydroxyl groups excluding tert-OH is 2. The molecule has 0 heterocycles. The highest BCUT2D eigenvalue weighted by Gasteiger charge is 2.05. The zero-order valence-electron chi connectivity index (χ0n) is 8.81. The highest BCUT2D eigenvalue weighted by atomic mass is 16.5. The Kier molecular flexibility index (Phi) is 4.55. The quantitative estimate of drug-likeness (QED) is 0.649. The molecule has 1 rings (SSSR count). The SMILES string of the molecule is Cc1ccc(CN)cc1OCC(O)CO. The molecule has 0 fully saturated rings. The Balaban J connectivity index is 2.66. The van der Waals surface area contributed by atoms with Crippen molar-refractivity contribution in [2.45, 2.75) is 19.6 Å². The van der Waals surface area contributed by atoms with Crippen LogP contribution in [0, 0.1) is 6.92 Å². The smallest absolute Gasteiger partial charge is 0.122 e. The van der Waals surface area contributed by atoms with Crippen LogP contribution in [-0.4, -0.2) is 29.5 Å². The van der Waals surface area contributed by atoms with Gasteiger partial charge >= 0.3 is 0 Å². The van der Waals surface area contributed by atoms with Crippen molar-refractivity contribution >= 4 is 0 Å². The van der Waals surface area contributed by atoms with E-state index in [-0.39, 0.29) is 13.2 Å². The second-order valence-corrected chi connectivity index (χ2v) is 3.45. The van der Waals surface area contributed by atoms with Crippen molar-refractivity contribution in [1.82, 2.24) is 0 Å². The first-order valence-corrected chi connectivity index (χ1v) is 4.88. The molecule has 0 aliphatic rings. The third-order valence-corrected chi connectivity index (χ3v) is 2.13. The average Bonchev–Trinajstić information content (AvgIpc) is 2.27. The number of aryl methyl sites for hydroxylation is 1. The van der Waals surface area contributed by atoms with E-state index in [1.54, 1.807) is 0 Å². The van der Waals surface area contributed by atoms with Gasteiger partial charge in [0, 0.05) is 6.54 Å². The maximum absolute atomic E-state index is 9.14. The molecule has 0 amide bonds. The molecule has 84 valence electrons. The number of nitrogens with two attached hydrogens (primary N) is 1. The van der Waals surface area contributed by atoms with Crippen molar-refractivity contribution in [3.05, 3.63) is 29.3 Å². The second kappa shape index (κ2) is 5.70. The van der Waals surface area contributed by atoms with Crippen LogP contribution in [0.4, 0.5) is 0 Å². The third-order valence-electron chi connectivity index (χ3n) is 2.13. The Labute approximate surface area is 89.3 Å². The molecule has 0 aliphatic heterocycles. The normalized spacial score (nSPS) is 12.5. The number of aliphatic hydroxyl groups is 2. The molecule has 0 aliphatic carbocycles. The Bertz CT molecular complexity index is 315. The molecule has 1 unspecified atom stereocenters. The summed E-state index contributed by atoms with van der Waals surface area (Å²) >= 11 is 0. The van der Waals surface area contributed by atoms with Gasteiger partial charge in [0.1, 0.15) is 18.5 Å². The lowest BCUT2D eigenvalue weighted by atomic mass is 10.1. The van der Waals surface area contributed by atoms with Gasteiger partial charge in [-0.3, -0.25) is 0 Å². The van der Waals surface area contributed by atoms with Gasteiger partial charge in [-0.1, -0.05) is 12.1 Å². The topological polar surface area (TPSA) is 75.7 Å². The third kappa shape index (κ3) is 3.51.